The fourth-order valence-corrected chi connectivity index (χ4v) is 4.92. The lowest BCUT2D eigenvalue weighted by Crippen LogP contribution is -2.29. The van der Waals surface area contributed by atoms with Crippen molar-refractivity contribution in [2.24, 2.45) is 0 Å². The number of ether oxygens (including phenoxy) is 1. The van der Waals surface area contributed by atoms with E-state index in [2.05, 4.69) is 10.2 Å². The van der Waals surface area contributed by atoms with E-state index in [-0.39, 0.29) is 28.3 Å². The summed E-state index contributed by atoms with van der Waals surface area (Å²) in [5.74, 6) is -0.284. The van der Waals surface area contributed by atoms with Crippen LogP contribution in [0.1, 0.15) is 46.1 Å². The van der Waals surface area contributed by atoms with Crippen LogP contribution in [0.25, 0.3) is 11.0 Å². The van der Waals surface area contributed by atoms with Gasteiger partial charge in [-0.15, -0.1) is 10.2 Å². The number of fused-ring (bicyclic) bond motifs is 2. The van der Waals surface area contributed by atoms with Crippen LogP contribution in [0.15, 0.2) is 51.7 Å². The van der Waals surface area contributed by atoms with Crippen molar-refractivity contribution in [3.05, 3.63) is 74.6 Å². The second kappa shape index (κ2) is 7.76. The molecule has 4 aromatic rings. The average Bonchev–Trinajstić information content (AvgIpc) is 3.37. The van der Waals surface area contributed by atoms with Gasteiger partial charge in [-0.05, 0) is 36.2 Å². The van der Waals surface area contributed by atoms with Gasteiger partial charge in [0, 0.05) is 6.42 Å². The maximum absolute atomic E-state index is 13.5. The standard InChI is InChI=1S/C23H19N3O5S/c1-3-6-17-24-25-23(32-17)26-19(12-9-10-14(27)16(11-12)30-2)18-20(28)13-7-4-5-8-15(13)31-21(18)22(26)29/h4-5,7-11,19,27H,3,6H2,1-2H3/t19-/m1/s1. The number of rotatable bonds is 5. The Morgan fingerprint density at radius 1 is 1.19 bits per heavy atom. The van der Waals surface area contributed by atoms with Crippen LogP contribution in [0.3, 0.4) is 0 Å². The molecular weight excluding hydrogens is 430 g/mol. The van der Waals surface area contributed by atoms with Gasteiger partial charge >= 0.3 is 0 Å². The van der Waals surface area contributed by atoms with E-state index in [0.29, 0.717) is 21.7 Å². The van der Waals surface area contributed by atoms with E-state index >= 15 is 0 Å². The van der Waals surface area contributed by atoms with E-state index in [9.17, 15) is 14.7 Å². The summed E-state index contributed by atoms with van der Waals surface area (Å²) in [5, 5.41) is 20.1. The van der Waals surface area contributed by atoms with Gasteiger partial charge in [-0.25, -0.2) is 0 Å². The molecule has 8 nitrogen and oxygen atoms in total. The van der Waals surface area contributed by atoms with Crippen LogP contribution in [0.5, 0.6) is 11.5 Å². The topological polar surface area (TPSA) is 106 Å². The van der Waals surface area contributed by atoms with Crippen molar-refractivity contribution in [1.29, 1.82) is 0 Å². The van der Waals surface area contributed by atoms with Crippen molar-refractivity contribution in [1.82, 2.24) is 10.2 Å². The fourth-order valence-electron chi connectivity index (χ4n) is 3.95. The number of hydrogen-bond acceptors (Lipinski definition) is 8. The van der Waals surface area contributed by atoms with Crippen LogP contribution in [-0.4, -0.2) is 28.3 Å². The molecule has 1 amide bonds. The lowest BCUT2D eigenvalue weighted by Gasteiger charge is -2.22. The summed E-state index contributed by atoms with van der Waals surface area (Å²) in [6.07, 6.45) is 1.64. The van der Waals surface area contributed by atoms with Crippen LogP contribution in [-0.2, 0) is 6.42 Å². The Labute approximate surface area is 186 Å². The molecule has 1 aliphatic heterocycles. The summed E-state index contributed by atoms with van der Waals surface area (Å²) in [6, 6.07) is 10.8. The molecule has 0 saturated heterocycles. The van der Waals surface area contributed by atoms with Gasteiger partial charge in [0.05, 0.1) is 24.1 Å². The normalized spacial score (nSPS) is 15.4. The number of para-hydroxylation sites is 1. The Balaban J connectivity index is 1.77. The van der Waals surface area contributed by atoms with E-state index in [0.717, 1.165) is 17.8 Å². The highest BCUT2D eigenvalue weighted by atomic mass is 32.1. The van der Waals surface area contributed by atoms with Crippen LogP contribution < -0.4 is 15.1 Å². The van der Waals surface area contributed by atoms with E-state index in [1.807, 2.05) is 6.92 Å². The molecule has 1 aliphatic rings. The van der Waals surface area contributed by atoms with Crippen molar-refractivity contribution < 1.29 is 19.1 Å². The Kier molecular flexibility index (Phi) is 4.90. The Bertz CT molecular complexity index is 1410. The molecule has 1 N–H and O–H groups in total. The monoisotopic (exact) mass is 449 g/mol. The van der Waals surface area contributed by atoms with Gasteiger partial charge < -0.3 is 14.3 Å². The second-order valence-corrected chi connectivity index (χ2v) is 8.45. The lowest BCUT2D eigenvalue weighted by molar-refractivity contribution is 0.0970. The third kappa shape index (κ3) is 3.04. The van der Waals surface area contributed by atoms with Crippen molar-refractivity contribution in [2.45, 2.75) is 25.8 Å². The maximum Gasteiger partial charge on any atom is 0.297 e. The SMILES string of the molecule is CCCc1nnc(N2C(=O)c3oc4ccccc4c(=O)c3[C@H]2c2ccc(O)c(OC)c2)s1. The largest absolute Gasteiger partial charge is 0.504 e. The predicted octanol–water partition coefficient (Wildman–Crippen LogP) is 4.06. The zero-order valence-electron chi connectivity index (χ0n) is 17.4. The molecule has 0 saturated carbocycles. The fraction of sp³-hybridized carbons (Fsp3) is 0.217. The van der Waals surface area contributed by atoms with Crippen LogP contribution in [0.4, 0.5) is 5.13 Å². The minimum atomic E-state index is -0.796. The first-order chi connectivity index (χ1) is 15.5. The molecule has 5 rings (SSSR count). The number of amides is 1. The predicted molar refractivity (Wildman–Crippen MR) is 120 cm³/mol. The highest BCUT2D eigenvalue weighted by Crippen LogP contribution is 2.43. The van der Waals surface area contributed by atoms with Gasteiger partial charge in [-0.2, -0.15) is 0 Å². The summed E-state index contributed by atoms with van der Waals surface area (Å²) >= 11 is 1.31. The van der Waals surface area contributed by atoms with Gasteiger partial charge in [-0.1, -0.05) is 36.5 Å². The summed E-state index contributed by atoms with van der Waals surface area (Å²) in [7, 11) is 1.44. The third-order valence-electron chi connectivity index (χ3n) is 5.42. The quantitative estimate of drug-likeness (QED) is 0.490. The molecule has 32 heavy (non-hydrogen) atoms. The number of phenolic OH excluding ortho intramolecular Hbond substituents is 1. The maximum atomic E-state index is 13.5. The van der Waals surface area contributed by atoms with E-state index < -0.39 is 11.9 Å². The molecule has 2 aromatic heterocycles. The Morgan fingerprint density at radius 3 is 2.78 bits per heavy atom. The molecule has 3 heterocycles. The van der Waals surface area contributed by atoms with Gasteiger partial charge in [0.15, 0.2) is 16.9 Å². The number of aromatic nitrogens is 2. The van der Waals surface area contributed by atoms with Gasteiger partial charge in [0.2, 0.25) is 10.9 Å². The molecule has 0 aliphatic carbocycles. The molecule has 0 radical (unpaired) electrons. The van der Waals surface area contributed by atoms with Crippen molar-refractivity contribution >= 4 is 33.3 Å². The number of carbonyl (C=O) groups is 1. The summed E-state index contributed by atoms with van der Waals surface area (Å²) in [6.45, 7) is 2.04. The van der Waals surface area contributed by atoms with E-state index in [1.54, 1.807) is 36.4 Å². The average molecular weight is 449 g/mol. The zero-order valence-corrected chi connectivity index (χ0v) is 18.2. The van der Waals surface area contributed by atoms with E-state index in [1.165, 1.54) is 29.4 Å². The van der Waals surface area contributed by atoms with E-state index in [4.69, 9.17) is 9.15 Å². The third-order valence-corrected chi connectivity index (χ3v) is 6.41. The number of aromatic hydroxyl groups is 1. The minimum absolute atomic E-state index is 0.0158. The first kappa shape index (κ1) is 20.2. The first-order valence-electron chi connectivity index (χ1n) is 10.1. The number of phenols is 1. The van der Waals surface area contributed by atoms with Crippen LogP contribution in [0, 0.1) is 0 Å². The van der Waals surface area contributed by atoms with Crippen molar-refractivity contribution in [3.8, 4) is 11.5 Å². The highest BCUT2D eigenvalue weighted by Gasteiger charge is 2.45. The number of benzene rings is 2. The second-order valence-electron chi connectivity index (χ2n) is 7.41. The minimum Gasteiger partial charge on any atom is -0.504 e. The number of methoxy groups -OCH3 is 1. The zero-order chi connectivity index (χ0) is 22.4. The number of hydrogen-bond donors (Lipinski definition) is 1. The molecular formula is C23H19N3O5S. The molecule has 0 bridgehead atoms. The summed E-state index contributed by atoms with van der Waals surface area (Å²) in [4.78, 5) is 28.5. The van der Waals surface area contributed by atoms with Crippen LogP contribution >= 0.6 is 11.3 Å². The van der Waals surface area contributed by atoms with Gasteiger partial charge in [-0.3, -0.25) is 14.5 Å². The lowest BCUT2D eigenvalue weighted by atomic mass is 9.98. The molecule has 2 aromatic carbocycles. The van der Waals surface area contributed by atoms with Gasteiger partial charge in [0.25, 0.3) is 5.91 Å². The molecule has 0 spiro atoms. The number of anilines is 1. The van der Waals surface area contributed by atoms with Crippen molar-refractivity contribution in [3.63, 3.8) is 0 Å². The number of nitrogens with zero attached hydrogens (tertiary/aromatic N) is 3. The smallest absolute Gasteiger partial charge is 0.297 e. The first-order valence-corrected chi connectivity index (χ1v) is 10.9. The molecule has 162 valence electrons. The Morgan fingerprint density at radius 2 is 2.00 bits per heavy atom. The Hall–Kier alpha value is -3.72. The molecule has 9 heteroatoms. The summed E-state index contributed by atoms with van der Waals surface area (Å²) < 4.78 is 11.2. The van der Waals surface area contributed by atoms with Crippen LogP contribution in [0.2, 0.25) is 0 Å². The number of carbonyl (C=O) groups excluding carboxylic acids is 1. The number of aryl methyl sites for hydroxylation is 1. The highest BCUT2D eigenvalue weighted by molar-refractivity contribution is 7.15. The summed E-state index contributed by atoms with van der Waals surface area (Å²) in [5.41, 5.74) is 0.876. The molecule has 0 unspecified atom stereocenters. The van der Waals surface area contributed by atoms with Crippen molar-refractivity contribution in [2.75, 3.05) is 12.0 Å². The molecule has 1 atom stereocenters. The molecule has 0 fully saturated rings. The van der Waals surface area contributed by atoms with Gasteiger partial charge in [0.1, 0.15) is 10.6 Å².